The van der Waals surface area contributed by atoms with Crippen molar-refractivity contribution in [1.82, 2.24) is 4.90 Å². The largest absolute Gasteiger partial charge is 0.495 e. The Morgan fingerprint density at radius 1 is 1.00 bits per heavy atom. The van der Waals surface area contributed by atoms with Crippen LogP contribution in [0.3, 0.4) is 0 Å². The number of carbonyl (C=O) groups excluding carboxylic acids is 2. The highest BCUT2D eigenvalue weighted by molar-refractivity contribution is 6.04. The molecule has 0 saturated carbocycles. The number of methoxy groups -OCH3 is 1. The number of nitrogens with one attached hydrogen (secondary N) is 2. The third kappa shape index (κ3) is 5.82. The molecule has 2 N–H and O–H groups in total. The van der Waals surface area contributed by atoms with E-state index in [4.69, 9.17) is 4.74 Å². The number of benzene rings is 2. The molecule has 2 rings (SSSR count). The molecule has 0 heterocycles. The predicted octanol–water partition coefficient (Wildman–Crippen LogP) is 3.75. The minimum atomic E-state index is -0.208. The fourth-order valence-corrected chi connectivity index (χ4v) is 2.74. The summed E-state index contributed by atoms with van der Waals surface area (Å²) in [6.07, 6.45) is 0. The van der Waals surface area contributed by atoms with Crippen LogP contribution < -0.4 is 15.4 Å². The molecule has 2 aromatic carbocycles. The summed E-state index contributed by atoms with van der Waals surface area (Å²) in [7, 11) is 1.53. The van der Waals surface area contributed by atoms with E-state index in [2.05, 4.69) is 29.4 Å². The predicted molar refractivity (Wildman–Crippen MR) is 108 cm³/mol. The Morgan fingerprint density at radius 3 is 2.22 bits per heavy atom. The summed E-state index contributed by atoms with van der Waals surface area (Å²) in [4.78, 5) is 26.2. The quantitative estimate of drug-likeness (QED) is 0.743. The van der Waals surface area contributed by atoms with Crippen molar-refractivity contribution in [2.45, 2.75) is 27.3 Å². The zero-order chi connectivity index (χ0) is 19.8. The van der Waals surface area contributed by atoms with Crippen LogP contribution >= 0.6 is 0 Å². The van der Waals surface area contributed by atoms with Gasteiger partial charge >= 0.3 is 0 Å². The zero-order valence-corrected chi connectivity index (χ0v) is 16.3. The number of amides is 2. The lowest BCUT2D eigenvalue weighted by Crippen LogP contribution is -2.22. The number of ether oxygens (including phenoxy) is 1. The van der Waals surface area contributed by atoms with Crippen molar-refractivity contribution in [3.63, 3.8) is 0 Å². The van der Waals surface area contributed by atoms with Gasteiger partial charge in [0.2, 0.25) is 5.91 Å². The monoisotopic (exact) mass is 369 g/mol. The molecule has 0 saturated heterocycles. The van der Waals surface area contributed by atoms with Gasteiger partial charge in [-0.15, -0.1) is 0 Å². The second-order valence-corrected chi connectivity index (χ2v) is 6.21. The highest BCUT2D eigenvalue weighted by Gasteiger charge is 2.10. The van der Waals surface area contributed by atoms with E-state index < -0.39 is 0 Å². The lowest BCUT2D eigenvalue weighted by molar-refractivity contribution is -0.114. The number of hydrogen-bond acceptors (Lipinski definition) is 4. The Morgan fingerprint density at radius 2 is 1.67 bits per heavy atom. The highest BCUT2D eigenvalue weighted by atomic mass is 16.5. The second-order valence-electron chi connectivity index (χ2n) is 6.21. The smallest absolute Gasteiger partial charge is 0.255 e. The molecule has 27 heavy (non-hydrogen) atoms. The van der Waals surface area contributed by atoms with Gasteiger partial charge < -0.3 is 15.4 Å². The van der Waals surface area contributed by atoms with Gasteiger partial charge in [0, 0.05) is 24.7 Å². The van der Waals surface area contributed by atoms with Crippen LogP contribution in [0.4, 0.5) is 11.4 Å². The molecule has 2 amide bonds. The van der Waals surface area contributed by atoms with E-state index >= 15 is 0 Å². The maximum atomic E-state index is 12.5. The first-order chi connectivity index (χ1) is 13.0. The molecule has 0 atom stereocenters. The first kappa shape index (κ1) is 20.5. The minimum Gasteiger partial charge on any atom is -0.495 e. The molecule has 0 radical (unpaired) electrons. The molecular weight excluding hydrogens is 342 g/mol. The fourth-order valence-electron chi connectivity index (χ4n) is 2.74. The molecule has 6 heteroatoms. The zero-order valence-electron chi connectivity index (χ0n) is 16.3. The SMILES string of the molecule is CCN(CC)Cc1ccc(C(=O)Nc2ccc(OC)c(NC(C)=O)c2)cc1. The maximum Gasteiger partial charge on any atom is 0.255 e. The van der Waals surface area contributed by atoms with Gasteiger partial charge in [-0.05, 0) is 49.0 Å². The van der Waals surface area contributed by atoms with Crippen molar-refractivity contribution in [1.29, 1.82) is 0 Å². The molecule has 144 valence electrons. The third-order valence-electron chi connectivity index (χ3n) is 4.28. The van der Waals surface area contributed by atoms with Crippen LogP contribution in [-0.4, -0.2) is 36.9 Å². The summed E-state index contributed by atoms with van der Waals surface area (Å²) in [6, 6.07) is 12.7. The molecule has 6 nitrogen and oxygen atoms in total. The van der Waals surface area contributed by atoms with E-state index in [9.17, 15) is 9.59 Å². The summed E-state index contributed by atoms with van der Waals surface area (Å²) < 4.78 is 5.22. The molecule has 0 aliphatic rings. The summed E-state index contributed by atoms with van der Waals surface area (Å²) in [6.45, 7) is 8.54. The van der Waals surface area contributed by atoms with Gasteiger partial charge in [0.25, 0.3) is 5.91 Å². The summed E-state index contributed by atoms with van der Waals surface area (Å²) in [5.74, 6) is 0.118. The Labute approximate surface area is 160 Å². The number of rotatable bonds is 8. The van der Waals surface area contributed by atoms with Gasteiger partial charge in [0.1, 0.15) is 5.75 Å². The lowest BCUT2D eigenvalue weighted by atomic mass is 10.1. The molecule has 0 aliphatic heterocycles. The molecule has 0 fully saturated rings. The van der Waals surface area contributed by atoms with Crippen molar-refractivity contribution < 1.29 is 14.3 Å². The second kappa shape index (κ2) is 9.73. The molecule has 0 spiro atoms. The Hall–Kier alpha value is -2.86. The number of anilines is 2. The van der Waals surface area contributed by atoms with Crippen LogP contribution in [-0.2, 0) is 11.3 Å². The van der Waals surface area contributed by atoms with E-state index in [-0.39, 0.29) is 11.8 Å². The Balaban J connectivity index is 2.09. The Kier molecular flexibility index (Phi) is 7.37. The molecule has 0 unspecified atom stereocenters. The van der Waals surface area contributed by atoms with Crippen molar-refractivity contribution >= 4 is 23.2 Å². The van der Waals surface area contributed by atoms with E-state index in [0.717, 1.165) is 19.6 Å². The molecule has 0 aromatic heterocycles. The number of carbonyl (C=O) groups is 2. The maximum absolute atomic E-state index is 12.5. The van der Waals surface area contributed by atoms with Gasteiger partial charge in [-0.2, -0.15) is 0 Å². The lowest BCUT2D eigenvalue weighted by Gasteiger charge is -2.18. The van der Waals surface area contributed by atoms with Crippen molar-refractivity contribution in [2.75, 3.05) is 30.8 Å². The van der Waals surface area contributed by atoms with Crippen LogP contribution in [0.1, 0.15) is 36.7 Å². The first-order valence-electron chi connectivity index (χ1n) is 9.05. The van der Waals surface area contributed by atoms with E-state index in [1.54, 1.807) is 18.2 Å². The summed E-state index contributed by atoms with van der Waals surface area (Å²) >= 11 is 0. The van der Waals surface area contributed by atoms with Crippen LogP contribution in [0.2, 0.25) is 0 Å². The minimum absolute atomic E-state index is 0.205. The van der Waals surface area contributed by atoms with E-state index in [1.165, 1.54) is 19.6 Å². The van der Waals surface area contributed by atoms with Crippen LogP contribution in [0, 0.1) is 0 Å². The van der Waals surface area contributed by atoms with Gasteiger partial charge in [-0.25, -0.2) is 0 Å². The van der Waals surface area contributed by atoms with Crippen molar-refractivity contribution in [3.05, 3.63) is 53.6 Å². The van der Waals surface area contributed by atoms with Crippen LogP contribution in [0.5, 0.6) is 5.75 Å². The normalized spacial score (nSPS) is 10.6. The highest BCUT2D eigenvalue weighted by Crippen LogP contribution is 2.28. The topological polar surface area (TPSA) is 70.7 Å². The van der Waals surface area contributed by atoms with Crippen LogP contribution in [0.25, 0.3) is 0 Å². The van der Waals surface area contributed by atoms with Gasteiger partial charge in [-0.1, -0.05) is 26.0 Å². The summed E-state index contributed by atoms with van der Waals surface area (Å²) in [5.41, 5.74) is 2.84. The first-order valence-corrected chi connectivity index (χ1v) is 9.05. The standard InChI is InChI=1S/C21H27N3O3/c1-5-24(6-2)14-16-7-9-17(10-8-16)21(26)23-18-11-12-20(27-4)19(13-18)22-15(3)25/h7-13H,5-6,14H2,1-4H3,(H,22,25)(H,23,26). The molecule has 2 aromatic rings. The van der Waals surface area contributed by atoms with Gasteiger partial charge in [0.15, 0.2) is 0 Å². The average molecular weight is 369 g/mol. The molecule has 0 aliphatic carbocycles. The van der Waals surface area contributed by atoms with Crippen molar-refractivity contribution in [2.24, 2.45) is 0 Å². The van der Waals surface area contributed by atoms with E-state index in [1.807, 2.05) is 24.3 Å². The van der Waals surface area contributed by atoms with Crippen LogP contribution in [0.15, 0.2) is 42.5 Å². The Bertz CT molecular complexity index is 784. The van der Waals surface area contributed by atoms with Gasteiger partial charge in [-0.3, -0.25) is 14.5 Å². The fraction of sp³-hybridized carbons (Fsp3) is 0.333. The summed E-state index contributed by atoms with van der Waals surface area (Å²) in [5, 5.41) is 5.54. The number of nitrogens with zero attached hydrogens (tertiary/aromatic N) is 1. The third-order valence-corrected chi connectivity index (χ3v) is 4.28. The average Bonchev–Trinajstić information content (AvgIpc) is 2.66. The number of hydrogen-bond donors (Lipinski definition) is 2. The van der Waals surface area contributed by atoms with Crippen molar-refractivity contribution in [3.8, 4) is 5.75 Å². The molecule has 0 bridgehead atoms. The van der Waals surface area contributed by atoms with E-state index in [0.29, 0.717) is 22.7 Å². The molecular formula is C21H27N3O3. The van der Waals surface area contributed by atoms with Gasteiger partial charge in [0.05, 0.1) is 12.8 Å².